The molecule has 0 radical (unpaired) electrons. The van der Waals surface area contributed by atoms with Crippen molar-refractivity contribution in [3.05, 3.63) is 35.9 Å². The summed E-state index contributed by atoms with van der Waals surface area (Å²) in [5.41, 5.74) is 0.949. The molecule has 1 unspecified atom stereocenters. The normalized spacial score (nSPS) is 12.1. The predicted octanol–water partition coefficient (Wildman–Crippen LogP) is 3.96. The summed E-state index contributed by atoms with van der Waals surface area (Å²) in [5, 5.41) is -0.212. The SMILES string of the molecule is CCCCN(CCCC)C(=O)S(=O)Cc1ccccc1. The molecule has 112 valence electrons. The number of rotatable bonds is 8. The van der Waals surface area contributed by atoms with Crippen molar-refractivity contribution in [2.45, 2.75) is 45.3 Å². The summed E-state index contributed by atoms with van der Waals surface area (Å²) < 4.78 is 12.2. The smallest absolute Gasteiger partial charge is 0.312 e. The second kappa shape index (κ2) is 9.70. The summed E-state index contributed by atoms with van der Waals surface area (Å²) in [6.45, 7) is 5.64. The van der Waals surface area contributed by atoms with Crippen molar-refractivity contribution >= 4 is 16.0 Å². The maximum atomic E-state index is 12.3. The van der Waals surface area contributed by atoms with Gasteiger partial charge in [0.15, 0.2) is 0 Å². The Morgan fingerprint density at radius 1 is 1.05 bits per heavy atom. The van der Waals surface area contributed by atoms with Crippen molar-refractivity contribution in [3.8, 4) is 0 Å². The van der Waals surface area contributed by atoms with Gasteiger partial charge in [-0.15, -0.1) is 0 Å². The summed E-state index contributed by atoms with van der Waals surface area (Å²) in [4.78, 5) is 14.1. The van der Waals surface area contributed by atoms with Gasteiger partial charge >= 0.3 is 5.24 Å². The second-order valence-electron chi connectivity index (χ2n) is 4.94. The number of carbonyl (C=O) groups excluding carboxylic acids is 1. The fourth-order valence-electron chi connectivity index (χ4n) is 1.92. The molecule has 0 aliphatic carbocycles. The van der Waals surface area contributed by atoms with Gasteiger partial charge in [-0.05, 0) is 18.4 Å². The molecule has 4 heteroatoms. The van der Waals surface area contributed by atoms with Crippen molar-refractivity contribution in [1.29, 1.82) is 0 Å². The fourth-order valence-corrected chi connectivity index (χ4v) is 3.01. The van der Waals surface area contributed by atoms with Crippen LogP contribution in [0.25, 0.3) is 0 Å². The molecule has 0 spiro atoms. The molecule has 0 aliphatic heterocycles. The molecular weight excluding hydrogens is 270 g/mol. The van der Waals surface area contributed by atoms with Crippen LogP contribution in [0.1, 0.15) is 45.1 Å². The lowest BCUT2D eigenvalue weighted by atomic mass is 10.2. The zero-order chi connectivity index (χ0) is 14.8. The van der Waals surface area contributed by atoms with E-state index in [1.54, 1.807) is 4.90 Å². The van der Waals surface area contributed by atoms with Crippen LogP contribution >= 0.6 is 0 Å². The molecule has 0 aromatic heterocycles. The van der Waals surface area contributed by atoms with Gasteiger partial charge in [-0.3, -0.25) is 4.79 Å². The highest BCUT2D eigenvalue weighted by molar-refractivity contribution is 7.99. The van der Waals surface area contributed by atoms with E-state index in [4.69, 9.17) is 0 Å². The highest BCUT2D eigenvalue weighted by Gasteiger charge is 2.19. The summed E-state index contributed by atoms with van der Waals surface area (Å²) in [7, 11) is -1.47. The van der Waals surface area contributed by atoms with E-state index in [0.29, 0.717) is 5.75 Å². The molecule has 1 rings (SSSR count). The van der Waals surface area contributed by atoms with Gasteiger partial charge in [-0.1, -0.05) is 57.0 Å². The van der Waals surface area contributed by atoms with E-state index in [9.17, 15) is 9.00 Å². The van der Waals surface area contributed by atoms with Crippen molar-refractivity contribution in [2.75, 3.05) is 13.1 Å². The standard InChI is InChI=1S/C16H25NO2S/c1-3-5-12-17(13-6-4-2)16(18)20(19)14-15-10-8-7-9-11-15/h7-11H,3-6,12-14H2,1-2H3. The Kier molecular flexibility index (Phi) is 8.19. The van der Waals surface area contributed by atoms with Crippen LogP contribution in [-0.4, -0.2) is 27.4 Å². The molecule has 1 aromatic carbocycles. The predicted molar refractivity (Wildman–Crippen MR) is 85.1 cm³/mol. The number of amides is 1. The Morgan fingerprint density at radius 2 is 1.60 bits per heavy atom. The number of nitrogens with zero attached hydrogens (tertiary/aromatic N) is 1. The minimum atomic E-state index is -1.47. The third-order valence-corrected chi connectivity index (χ3v) is 4.40. The first kappa shape index (κ1) is 16.9. The Hall–Kier alpha value is -1.16. The third-order valence-electron chi connectivity index (χ3n) is 3.16. The summed E-state index contributed by atoms with van der Waals surface area (Å²) in [6.07, 6.45) is 4.03. The van der Waals surface area contributed by atoms with Crippen molar-refractivity contribution < 1.29 is 9.00 Å². The lowest BCUT2D eigenvalue weighted by Gasteiger charge is -2.21. The van der Waals surface area contributed by atoms with Crippen LogP contribution in [0.15, 0.2) is 30.3 Å². The lowest BCUT2D eigenvalue weighted by Crippen LogP contribution is -2.34. The molecule has 20 heavy (non-hydrogen) atoms. The largest absolute Gasteiger partial charge is 0.332 e. The molecule has 1 amide bonds. The van der Waals surface area contributed by atoms with E-state index >= 15 is 0 Å². The highest BCUT2D eigenvalue weighted by Crippen LogP contribution is 2.09. The molecule has 0 bridgehead atoms. The number of unbranched alkanes of at least 4 members (excludes halogenated alkanes) is 2. The molecule has 3 nitrogen and oxygen atoms in total. The number of hydrogen-bond donors (Lipinski definition) is 0. The molecule has 0 aliphatic rings. The Bertz CT molecular complexity index is 412. The van der Waals surface area contributed by atoms with Gasteiger partial charge in [-0.25, -0.2) is 4.21 Å². The Morgan fingerprint density at radius 3 is 2.10 bits per heavy atom. The molecule has 0 heterocycles. The number of hydrogen-bond acceptors (Lipinski definition) is 2. The second-order valence-corrected chi connectivity index (χ2v) is 6.26. The van der Waals surface area contributed by atoms with Crippen LogP contribution in [-0.2, 0) is 16.6 Å². The van der Waals surface area contributed by atoms with Gasteiger partial charge in [0.05, 0.1) is 5.75 Å². The van der Waals surface area contributed by atoms with Crippen molar-refractivity contribution in [1.82, 2.24) is 4.90 Å². The summed E-state index contributed by atoms with van der Waals surface area (Å²) in [5.74, 6) is 0.314. The maximum absolute atomic E-state index is 12.3. The van der Waals surface area contributed by atoms with Gasteiger partial charge in [0, 0.05) is 13.1 Å². The molecule has 1 atom stereocenters. The van der Waals surface area contributed by atoms with Gasteiger partial charge in [0.2, 0.25) is 0 Å². The third kappa shape index (κ3) is 5.87. The van der Waals surface area contributed by atoms with E-state index < -0.39 is 10.8 Å². The first-order valence-corrected chi connectivity index (χ1v) is 8.72. The van der Waals surface area contributed by atoms with Crippen LogP contribution < -0.4 is 0 Å². The zero-order valence-corrected chi connectivity index (χ0v) is 13.3. The van der Waals surface area contributed by atoms with Crippen LogP contribution in [0.3, 0.4) is 0 Å². The first-order chi connectivity index (χ1) is 9.69. The Labute approximate surface area is 124 Å². The van der Waals surface area contributed by atoms with E-state index in [-0.39, 0.29) is 5.24 Å². The quantitative estimate of drug-likeness (QED) is 0.728. The van der Waals surface area contributed by atoms with E-state index in [0.717, 1.165) is 44.3 Å². The van der Waals surface area contributed by atoms with Crippen LogP contribution in [0.4, 0.5) is 4.79 Å². The van der Waals surface area contributed by atoms with Crippen LogP contribution in [0, 0.1) is 0 Å². The van der Waals surface area contributed by atoms with Gasteiger partial charge < -0.3 is 4.90 Å². The van der Waals surface area contributed by atoms with Gasteiger partial charge in [0.25, 0.3) is 0 Å². The molecule has 0 fully saturated rings. The van der Waals surface area contributed by atoms with Crippen LogP contribution in [0.5, 0.6) is 0 Å². The molecule has 0 saturated carbocycles. The van der Waals surface area contributed by atoms with Crippen LogP contribution in [0.2, 0.25) is 0 Å². The molecular formula is C16H25NO2S. The van der Waals surface area contributed by atoms with E-state index in [1.807, 2.05) is 30.3 Å². The van der Waals surface area contributed by atoms with Gasteiger partial charge in [-0.2, -0.15) is 0 Å². The van der Waals surface area contributed by atoms with Crippen molar-refractivity contribution in [2.24, 2.45) is 0 Å². The van der Waals surface area contributed by atoms with Gasteiger partial charge in [0.1, 0.15) is 10.8 Å². The molecule has 0 N–H and O–H groups in total. The summed E-state index contributed by atoms with van der Waals surface area (Å²) in [6, 6.07) is 9.55. The average molecular weight is 295 g/mol. The lowest BCUT2D eigenvalue weighted by molar-refractivity contribution is 0.220. The average Bonchev–Trinajstić information content (AvgIpc) is 2.48. The minimum Gasteiger partial charge on any atom is -0.332 e. The molecule has 1 aromatic rings. The number of carbonyl (C=O) groups is 1. The minimum absolute atomic E-state index is 0.212. The monoisotopic (exact) mass is 295 g/mol. The fraction of sp³-hybridized carbons (Fsp3) is 0.562. The topological polar surface area (TPSA) is 37.4 Å². The van der Waals surface area contributed by atoms with E-state index in [1.165, 1.54) is 0 Å². The Balaban J connectivity index is 2.60. The maximum Gasteiger partial charge on any atom is 0.312 e. The van der Waals surface area contributed by atoms with Crippen molar-refractivity contribution in [3.63, 3.8) is 0 Å². The first-order valence-electron chi connectivity index (χ1n) is 7.40. The number of benzene rings is 1. The highest BCUT2D eigenvalue weighted by atomic mass is 32.2. The summed E-state index contributed by atoms with van der Waals surface area (Å²) >= 11 is 0. The zero-order valence-electron chi connectivity index (χ0n) is 12.5. The molecule has 0 saturated heterocycles. The van der Waals surface area contributed by atoms with E-state index in [2.05, 4.69) is 13.8 Å².